The summed E-state index contributed by atoms with van der Waals surface area (Å²) in [6, 6.07) is 16.3. The minimum Gasteiger partial charge on any atom is -0.350 e. The van der Waals surface area contributed by atoms with Gasteiger partial charge in [0.05, 0.1) is 4.90 Å². The van der Waals surface area contributed by atoms with E-state index in [2.05, 4.69) is 5.16 Å². The first kappa shape index (κ1) is 20.0. The molecule has 0 aliphatic carbocycles. The van der Waals surface area contributed by atoms with Gasteiger partial charge in [-0.05, 0) is 49.4 Å². The molecule has 7 nitrogen and oxygen atoms in total. The number of carbonyl (C=O) groups excluding carboxylic acids is 1. The number of aromatic nitrogens is 1. The van der Waals surface area contributed by atoms with Crippen molar-refractivity contribution in [3.8, 4) is 11.3 Å². The Balaban J connectivity index is 1.43. The van der Waals surface area contributed by atoms with E-state index in [9.17, 15) is 13.2 Å². The molecule has 3 aromatic rings. The molecule has 2 aromatic carbocycles. The monoisotopic (exact) mass is 437 g/mol. The highest BCUT2D eigenvalue weighted by molar-refractivity contribution is 7.89. The minimum absolute atomic E-state index is 0.167. The maximum Gasteiger partial charge on any atom is 0.296 e. The summed E-state index contributed by atoms with van der Waals surface area (Å²) in [5.74, 6) is -0.105. The number of benzene rings is 2. The fraction of sp³-hybridized carbons (Fsp3) is 0.304. The van der Waals surface area contributed by atoms with Crippen molar-refractivity contribution in [3.63, 3.8) is 0 Å². The first-order chi connectivity index (χ1) is 15.0. The van der Waals surface area contributed by atoms with Crippen molar-refractivity contribution in [1.82, 2.24) is 9.46 Å². The van der Waals surface area contributed by atoms with Crippen molar-refractivity contribution in [3.05, 3.63) is 65.9 Å². The van der Waals surface area contributed by atoms with Crippen LogP contribution in [0.5, 0.6) is 0 Å². The molecule has 1 aromatic heterocycles. The number of hydrogen-bond acceptors (Lipinski definition) is 5. The largest absolute Gasteiger partial charge is 0.350 e. The fourth-order valence-electron chi connectivity index (χ4n) is 4.28. The molecule has 0 radical (unpaired) electrons. The van der Waals surface area contributed by atoms with Crippen LogP contribution in [0.1, 0.15) is 35.4 Å². The Hall–Kier alpha value is -2.97. The molecule has 0 spiro atoms. The zero-order chi connectivity index (χ0) is 21.4. The van der Waals surface area contributed by atoms with Gasteiger partial charge in [-0.2, -0.15) is 4.31 Å². The summed E-state index contributed by atoms with van der Waals surface area (Å²) < 4.78 is 32.7. The molecule has 1 fully saturated rings. The predicted molar refractivity (Wildman–Crippen MR) is 116 cm³/mol. The van der Waals surface area contributed by atoms with Gasteiger partial charge in [-0.15, -0.1) is 0 Å². The second-order valence-corrected chi connectivity index (χ2v) is 9.84. The Bertz CT molecular complexity index is 1210. The molecule has 1 saturated heterocycles. The summed E-state index contributed by atoms with van der Waals surface area (Å²) in [6.45, 7) is 1.68. The molecule has 160 valence electrons. The van der Waals surface area contributed by atoms with E-state index < -0.39 is 10.0 Å². The predicted octanol–water partition coefficient (Wildman–Crippen LogP) is 3.72. The molecule has 5 rings (SSSR count). The van der Waals surface area contributed by atoms with Gasteiger partial charge in [0.15, 0.2) is 0 Å². The highest BCUT2D eigenvalue weighted by Crippen LogP contribution is 2.32. The van der Waals surface area contributed by atoms with Crippen LogP contribution in [-0.4, -0.2) is 43.4 Å². The van der Waals surface area contributed by atoms with Gasteiger partial charge in [-0.25, -0.2) is 8.42 Å². The third kappa shape index (κ3) is 3.66. The third-order valence-corrected chi connectivity index (χ3v) is 7.80. The second-order valence-electron chi connectivity index (χ2n) is 7.90. The van der Waals surface area contributed by atoms with Crippen molar-refractivity contribution in [2.24, 2.45) is 0 Å². The van der Waals surface area contributed by atoms with Crippen LogP contribution in [0.3, 0.4) is 0 Å². The lowest BCUT2D eigenvalue weighted by molar-refractivity contribution is 0.0949. The Morgan fingerprint density at radius 1 is 0.935 bits per heavy atom. The van der Waals surface area contributed by atoms with E-state index in [0.717, 1.165) is 42.5 Å². The van der Waals surface area contributed by atoms with E-state index in [1.54, 1.807) is 33.5 Å². The lowest BCUT2D eigenvalue weighted by Crippen LogP contribution is -2.35. The standard InChI is InChI=1S/C23H23N3O4S/c27-23(22-16-20(24-30-22)17-7-2-1-3-8-17)26-14-6-9-18-15-19(10-11-21(18)26)31(28,29)25-12-4-5-13-25/h1-3,7-8,10-11,15-16H,4-6,9,12-14H2. The van der Waals surface area contributed by atoms with Crippen LogP contribution in [-0.2, 0) is 16.4 Å². The van der Waals surface area contributed by atoms with Crippen LogP contribution in [0.2, 0.25) is 0 Å². The van der Waals surface area contributed by atoms with Gasteiger partial charge in [0, 0.05) is 37.0 Å². The smallest absolute Gasteiger partial charge is 0.296 e. The summed E-state index contributed by atoms with van der Waals surface area (Å²) in [7, 11) is -3.49. The van der Waals surface area contributed by atoms with Crippen LogP contribution in [0.15, 0.2) is 64.0 Å². The van der Waals surface area contributed by atoms with Crippen molar-refractivity contribution >= 4 is 21.6 Å². The van der Waals surface area contributed by atoms with Crippen molar-refractivity contribution < 1.29 is 17.7 Å². The molecule has 0 saturated carbocycles. The number of nitrogens with zero attached hydrogens (tertiary/aromatic N) is 3. The first-order valence-electron chi connectivity index (χ1n) is 10.5. The summed E-state index contributed by atoms with van der Waals surface area (Å²) in [6.07, 6.45) is 3.28. The topological polar surface area (TPSA) is 83.7 Å². The summed E-state index contributed by atoms with van der Waals surface area (Å²) >= 11 is 0. The molecular weight excluding hydrogens is 414 g/mol. The van der Waals surface area contributed by atoms with Crippen molar-refractivity contribution in [2.45, 2.75) is 30.6 Å². The van der Waals surface area contributed by atoms with E-state index >= 15 is 0 Å². The van der Waals surface area contributed by atoms with Gasteiger partial charge in [0.1, 0.15) is 5.69 Å². The first-order valence-corrected chi connectivity index (χ1v) is 12.0. The molecule has 2 aliphatic rings. The SMILES string of the molecule is O=C(c1cc(-c2ccccc2)no1)N1CCCc2cc(S(=O)(=O)N3CCCC3)ccc21. The minimum atomic E-state index is -3.49. The number of carbonyl (C=O) groups is 1. The Kier molecular flexibility index (Phi) is 5.11. The molecule has 1 amide bonds. The maximum atomic E-state index is 13.2. The molecular formula is C23H23N3O4S. The highest BCUT2D eigenvalue weighted by Gasteiger charge is 2.31. The summed E-state index contributed by atoms with van der Waals surface area (Å²) in [4.78, 5) is 15.1. The number of sulfonamides is 1. The van der Waals surface area contributed by atoms with Gasteiger partial charge < -0.3 is 9.42 Å². The third-order valence-electron chi connectivity index (χ3n) is 5.91. The van der Waals surface area contributed by atoms with E-state index in [-0.39, 0.29) is 11.7 Å². The molecule has 8 heteroatoms. The van der Waals surface area contributed by atoms with Crippen LogP contribution in [0, 0.1) is 0 Å². The van der Waals surface area contributed by atoms with Gasteiger partial charge in [0.25, 0.3) is 5.91 Å². The number of rotatable bonds is 4. The molecule has 0 atom stereocenters. The van der Waals surface area contributed by atoms with E-state index in [4.69, 9.17) is 4.52 Å². The van der Waals surface area contributed by atoms with Crippen molar-refractivity contribution in [2.75, 3.05) is 24.5 Å². The normalized spacial score (nSPS) is 17.0. The maximum absolute atomic E-state index is 13.2. The van der Waals surface area contributed by atoms with Crippen LogP contribution in [0.25, 0.3) is 11.3 Å². The second kappa shape index (κ2) is 7.94. The van der Waals surface area contributed by atoms with E-state index in [1.807, 2.05) is 30.3 Å². The van der Waals surface area contributed by atoms with Gasteiger partial charge in [0.2, 0.25) is 15.8 Å². The zero-order valence-electron chi connectivity index (χ0n) is 17.0. The number of amides is 1. The highest BCUT2D eigenvalue weighted by atomic mass is 32.2. The summed E-state index contributed by atoms with van der Waals surface area (Å²) in [5, 5.41) is 4.04. The lowest BCUT2D eigenvalue weighted by atomic mass is 10.0. The van der Waals surface area contributed by atoms with Gasteiger partial charge in [-0.3, -0.25) is 4.79 Å². The van der Waals surface area contributed by atoms with E-state index in [0.29, 0.717) is 30.2 Å². The zero-order valence-corrected chi connectivity index (χ0v) is 17.8. The Morgan fingerprint density at radius 3 is 2.48 bits per heavy atom. The average molecular weight is 438 g/mol. The molecule has 0 bridgehead atoms. The van der Waals surface area contributed by atoms with Crippen LogP contribution < -0.4 is 4.90 Å². The lowest BCUT2D eigenvalue weighted by Gasteiger charge is -2.29. The summed E-state index contributed by atoms with van der Waals surface area (Å²) in [5.41, 5.74) is 3.08. The van der Waals surface area contributed by atoms with Crippen molar-refractivity contribution in [1.29, 1.82) is 0 Å². The van der Waals surface area contributed by atoms with Crippen LogP contribution >= 0.6 is 0 Å². The van der Waals surface area contributed by atoms with Crippen LogP contribution in [0.4, 0.5) is 5.69 Å². The Labute approximate surface area is 181 Å². The number of aryl methyl sites for hydroxylation is 1. The average Bonchev–Trinajstić information content (AvgIpc) is 3.51. The van der Waals surface area contributed by atoms with Gasteiger partial charge >= 0.3 is 0 Å². The molecule has 0 N–H and O–H groups in total. The Morgan fingerprint density at radius 2 is 1.71 bits per heavy atom. The number of hydrogen-bond donors (Lipinski definition) is 0. The number of anilines is 1. The van der Waals surface area contributed by atoms with Gasteiger partial charge in [-0.1, -0.05) is 35.5 Å². The molecule has 0 unspecified atom stereocenters. The molecule has 31 heavy (non-hydrogen) atoms. The molecule has 2 aliphatic heterocycles. The number of fused-ring (bicyclic) bond motifs is 1. The van der Waals surface area contributed by atoms with E-state index in [1.165, 1.54) is 0 Å². The fourth-order valence-corrected chi connectivity index (χ4v) is 5.84. The quantitative estimate of drug-likeness (QED) is 0.621. The molecule has 3 heterocycles.